The summed E-state index contributed by atoms with van der Waals surface area (Å²) in [6, 6.07) is 9.15. The molecule has 2 aliphatic rings. The van der Waals surface area contributed by atoms with Gasteiger partial charge in [-0.05, 0) is 35.3 Å². The summed E-state index contributed by atoms with van der Waals surface area (Å²) in [6.45, 7) is 8.38. The first-order valence-corrected chi connectivity index (χ1v) is 7.87. The van der Waals surface area contributed by atoms with E-state index in [1.165, 1.54) is 24.0 Å². The molecule has 1 heterocycles. The van der Waals surface area contributed by atoms with Gasteiger partial charge in [-0.15, -0.1) is 0 Å². The Balaban J connectivity index is 1.72. The van der Waals surface area contributed by atoms with Crippen LogP contribution in [0, 0.1) is 0 Å². The van der Waals surface area contributed by atoms with Gasteiger partial charge in [-0.25, -0.2) is 0 Å². The minimum atomic E-state index is -0.238. The number of rotatable bonds is 1. The minimum absolute atomic E-state index is 0.226. The summed E-state index contributed by atoms with van der Waals surface area (Å²) >= 11 is 0. The molecule has 2 fully saturated rings. The fourth-order valence-corrected chi connectivity index (χ4v) is 3.44. The van der Waals surface area contributed by atoms with Crippen LogP contribution in [0.15, 0.2) is 24.3 Å². The van der Waals surface area contributed by atoms with E-state index in [2.05, 4.69) is 45.0 Å². The van der Waals surface area contributed by atoms with Crippen molar-refractivity contribution < 1.29 is 9.47 Å². The molecule has 0 atom stereocenters. The molecule has 0 aromatic heterocycles. The van der Waals surface area contributed by atoms with Crippen LogP contribution in [0.25, 0.3) is 0 Å². The molecular weight excluding hydrogens is 248 g/mol. The maximum atomic E-state index is 5.82. The van der Waals surface area contributed by atoms with E-state index in [1.54, 1.807) is 0 Å². The quantitative estimate of drug-likeness (QED) is 0.756. The van der Waals surface area contributed by atoms with Gasteiger partial charge in [0.15, 0.2) is 5.79 Å². The van der Waals surface area contributed by atoms with Crippen molar-refractivity contribution in [1.82, 2.24) is 0 Å². The van der Waals surface area contributed by atoms with Crippen molar-refractivity contribution in [3.8, 4) is 0 Å². The molecular formula is C18H26O2. The molecule has 0 bridgehead atoms. The van der Waals surface area contributed by atoms with Crippen molar-refractivity contribution >= 4 is 0 Å². The molecule has 2 heteroatoms. The summed E-state index contributed by atoms with van der Waals surface area (Å²) in [5.41, 5.74) is 3.15. The van der Waals surface area contributed by atoms with E-state index in [4.69, 9.17) is 9.47 Å². The van der Waals surface area contributed by atoms with Crippen LogP contribution >= 0.6 is 0 Å². The molecule has 0 unspecified atom stereocenters. The van der Waals surface area contributed by atoms with Crippen LogP contribution < -0.4 is 0 Å². The first-order valence-electron chi connectivity index (χ1n) is 7.87. The van der Waals surface area contributed by atoms with Crippen molar-refractivity contribution in [3.63, 3.8) is 0 Å². The Labute approximate surface area is 122 Å². The lowest BCUT2D eigenvalue weighted by atomic mass is 9.78. The van der Waals surface area contributed by atoms with Crippen LogP contribution in [-0.4, -0.2) is 19.0 Å². The van der Waals surface area contributed by atoms with Gasteiger partial charge in [0.25, 0.3) is 0 Å². The van der Waals surface area contributed by atoms with Crippen LogP contribution in [0.4, 0.5) is 0 Å². The Morgan fingerprint density at radius 1 is 1.05 bits per heavy atom. The molecule has 1 aliphatic heterocycles. The van der Waals surface area contributed by atoms with Crippen LogP contribution in [0.3, 0.4) is 0 Å². The molecule has 1 spiro atoms. The Kier molecular flexibility index (Phi) is 3.64. The van der Waals surface area contributed by atoms with Gasteiger partial charge in [-0.3, -0.25) is 0 Å². The zero-order chi connectivity index (χ0) is 14.2. The SMILES string of the molecule is CC(C)(C)c1cccc(C2CCC3(CC2)OCCO3)c1. The van der Waals surface area contributed by atoms with Crippen molar-refractivity contribution in [2.24, 2.45) is 0 Å². The maximum Gasteiger partial charge on any atom is 0.168 e. The van der Waals surface area contributed by atoms with E-state index in [-0.39, 0.29) is 11.2 Å². The number of benzene rings is 1. The molecule has 1 saturated heterocycles. The van der Waals surface area contributed by atoms with Gasteiger partial charge in [-0.1, -0.05) is 45.0 Å². The third-order valence-corrected chi connectivity index (χ3v) is 4.79. The lowest BCUT2D eigenvalue weighted by Gasteiger charge is -2.35. The first-order chi connectivity index (χ1) is 9.49. The normalized spacial score (nSPS) is 23.4. The molecule has 1 aliphatic carbocycles. The molecule has 20 heavy (non-hydrogen) atoms. The summed E-state index contributed by atoms with van der Waals surface area (Å²) in [4.78, 5) is 0. The Morgan fingerprint density at radius 2 is 1.70 bits per heavy atom. The maximum absolute atomic E-state index is 5.82. The van der Waals surface area contributed by atoms with Gasteiger partial charge < -0.3 is 9.47 Å². The van der Waals surface area contributed by atoms with Gasteiger partial charge in [-0.2, -0.15) is 0 Å². The third-order valence-electron chi connectivity index (χ3n) is 4.79. The molecule has 0 N–H and O–H groups in total. The Hall–Kier alpha value is -0.860. The molecule has 110 valence electrons. The van der Waals surface area contributed by atoms with Crippen molar-refractivity contribution in [1.29, 1.82) is 0 Å². The first kappa shape index (κ1) is 14.1. The second-order valence-corrected chi connectivity index (χ2v) is 7.26. The smallest absolute Gasteiger partial charge is 0.168 e. The standard InChI is InChI=1S/C18H26O2/c1-17(2,3)16-6-4-5-15(13-16)14-7-9-18(10-8-14)19-11-12-20-18/h4-6,13-14H,7-12H2,1-3H3. The van der Waals surface area contributed by atoms with Crippen molar-refractivity contribution in [2.75, 3.05) is 13.2 Å². The Morgan fingerprint density at radius 3 is 2.30 bits per heavy atom. The average Bonchev–Trinajstić information content (AvgIpc) is 2.87. The van der Waals surface area contributed by atoms with E-state index in [0.29, 0.717) is 5.92 Å². The van der Waals surface area contributed by atoms with Gasteiger partial charge in [0.1, 0.15) is 0 Å². The summed E-state index contributed by atoms with van der Waals surface area (Å²) < 4.78 is 11.6. The highest BCUT2D eigenvalue weighted by molar-refractivity contribution is 5.31. The fraction of sp³-hybridized carbons (Fsp3) is 0.667. The number of hydrogen-bond acceptors (Lipinski definition) is 2. The monoisotopic (exact) mass is 274 g/mol. The topological polar surface area (TPSA) is 18.5 Å². The van der Waals surface area contributed by atoms with Crippen LogP contribution in [0.1, 0.15) is 63.5 Å². The molecule has 2 nitrogen and oxygen atoms in total. The minimum Gasteiger partial charge on any atom is -0.348 e. The highest BCUT2D eigenvalue weighted by Crippen LogP contribution is 2.42. The van der Waals surface area contributed by atoms with Gasteiger partial charge in [0.05, 0.1) is 13.2 Å². The van der Waals surface area contributed by atoms with Gasteiger partial charge in [0, 0.05) is 12.8 Å². The molecule has 1 aromatic carbocycles. The van der Waals surface area contributed by atoms with Crippen LogP contribution in [0.5, 0.6) is 0 Å². The molecule has 1 saturated carbocycles. The Bertz CT molecular complexity index is 457. The highest BCUT2D eigenvalue weighted by Gasteiger charge is 2.40. The largest absolute Gasteiger partial charge is 0.348 e. The predicted molar refractivity (Wildman–Crippen MR) is 81.0 cm³/mol. The number of hydrogen-bond donors (Lipinski definition) is 0. The summed E-state index contributed by atoms with van der Waals surface area (Å²) in [5, 5.41) is 0. The molecule has 0 radical (unpaired) electrons. The van der Waals surface area contributed by atoms with Crippen LogP contribution in [0.2, 0.25) is 0 Å². The average molecular weight is 274 g/mol. The summed E-state index contributed by atoms with van der Waals surface area (Å²) in [6.07, 6.45) is 4.43. The fourth-order valence-electron chi connectivity index (χ4n) is 3.44. The molecule has 3 rings (SSSR count). The highest BCUT2D eigenvalue weighted by atomic mass is 16.7. The molecule has 1 aromatic rings. The lowest BCUT2D eigenvalue weighted by Crippen LogP contribution is -2.34. The predicted octanol–water partition coefficient (Wildman–Crippen LogP) is 4.38. The van der Waals surface area contributed by atoms with Crippen molar-refractivity contribution in [2.45, 2.75) is 63.6 Å². The zero-order valence-electron chi connectivity index (χ0n) is 12.9. The third kappa shape index (κ3) is 2.77. The van der Waals surface area contributed by atoms with E-state index in [9.17, 15) is 0 Å². The zero-order valence-corrected chi connectivity index (χ0v) is 12.9. The second kappa shape index (κ2) is 5.16. The van der Waals surface area contributed by atoms with Gasteiger partial charge in [0.2, 0.25) is 0 Å². The summed E-state index contributed by atoms with van der Waals surface area (Å²) in [5.74, 6) is 0.425. The molecule has 0 amide bonds. The number of ether oxygens (including phenoxy) is 2. The van der Waals surface area contributed by atoms with Crippen LogP contribution in [-0.2, 0) is 14.9 Å². The van der Waals surface area contributed by atoms with E-state index >= 15 is 0 Å². The summed E-state index contributed by atoms with van der Waals surface area (Å²) in [7, 11) is 0. The van der Waals surface area contributed by atoms with E-state index < -0.39 is 0 Å². The van der Waals surface area contributed by atoms with E-state index in [1.807, 2.05) is 0 Å². The second-order valence-electron chi connectivity index (χ2n) is 7.26. The lowest BCUT2D eigenvalue weighted by molar-refractivity contribution is -0.178. The van der Waals surface area contributed by atoms with Crippen molar-refractivity contribution in [3.05, 3.63) is 35.4 Å². The van der Waals surface area contributed by atoms with Gasteiger partial charge >= 0.3 is 0 Å². The van der Waals surface area contributed by atoms with E-state index in [0.717, 1.165) is 26.1 Å².